The molecule has 1 aliphatic rings. The number of aryl methyl sites for hydroxylation is 2. The van der Waals surface area contributed by atoms with E-state index in [4.69, 9.17) is 0 Å². The summed E-state index contributed by atoms with van der Waals surface area (Å²) in [5.74, 6) is 0.0789. The summed E-state index contributed by atoms with van der Waals surface area (Å²) in [6.45, 7) is 0.790. The number of hydrogen-bond donors (Lipinski definition) is 1. The van der Waals surface area contributed by atoms with Gasteiger partial charge in [-0.05, 0) is 55.4 Å². The van der Waals surface area contributed by atoms with Crippen molar-refractivity contribution in [2.75, 3.05) is 11.9 Å². The summed E-state index contributed by atoms with van der Waals surface area (Å²) in [7, 11) is 0. The van der Waals surface area contributed by atoms with Crippen LogP contribution >= 0.6 is 15.9 Å². The van der Waals surface area contributed by atoms with E-state index in [1.54, 1.807) is 0 Å². The zero-order valence-corrected chi connectivity index (χ0v) is 13.0. The minimum atomic E-state index is 0.0789. The Kier molecular flexibility index (Phi) is 5.90. The third-order valence-corrected chi connectivity index (χ3v) is 4.27. The van der Waals surface area contributed by atoms with Gasteiger partial charge in [0.25, 0.3) is 5.91 Å². The van der Waals surface area contributed by atoms with Gasteiger partial charge in [-0.15, -0.1) is 0 Å². The van der Waals surface area contributed by atoms with Gasteiger partial charge in [0.1, 0.15) is 0 Å². The lowest BCUT2D eigenvalue weighted by Gasteiger charge is -2.07. The van der Waals surface area contributed by atoms with Crippen LogP contribution in [-0.4, -0.2) is 17.8 Å². The molecule has 0 bridgehead atoms. The lowest BCUT2D eigenvalue weighted by atomic mass is 10.1. The summed E-state index contributed by atoms with van der Waals surface area (Å²) in [5, 5.41) is 4.09. The molecule has 0 spiro atoms. The van der Waals surface area contributed by atoms with Gasteiger partial charge in [0, 0.05) is 17.4 Å². The van der Waals surface area contributed by atoms with E-state index in [1.165, 1.54) is 43.2 Å². The number of fused-ring (bicyclic) bond motifs is 1. The summed E-state index contributed by atoms with van der Waals surface area (Å²) in [6.07, 6.45) is 8.25. The van der Waals surface area contributed by atoms with E-state index in [0.717, 1.165) is 30.3 Å². The van der Waals surface area contributed by atoms with Crippen molar-refractivity contribution in [3.63, 3.8) is 0 Å². The molecule has 2 nitrogen and oxygen atoms in total. The van der Waals surface area contributed by atoms with E-state index in [2.05, 4.69) is 33.4 Å². The molecule has 1 aromatic rings. The summed E-state index contributed by atoms with van der Waals surface area (Å²) in [6, 6.07) is 6.15. The van der Waals surface area contributed by atoms with Crippen LogP contribution in [0.15, 0.2) is 18.2 Å². The molecular formula is C16H22BrNO. The number of halogens is 1. The average Bonchev–Trinajstić information content (AvgIpc) is 2.89. The highest BCUT2D eigenvalue weighted by Crippen LogP contribution is 2.22. The molecule has 104 valence electrons. The number of nitrogens with one attached hydrogen (secondary N) is 1. The Hall–Kier alpha value is -0.830. The van der Waals surface area contributed by atoms with Gasteiger partial charge in [-0.1, -0.05) is 34.8 Å². The summed E-state index contributed by atoms with van der Waals surface area (Å²) in [4.78, 5) is 12.0. The number of alkyl halides is 1. The second-order valence-corrected chi connectivity index (χ2v) is 5.99. The molecule has 0 saturated carbocycles. The predicted octanol–water partition coefficient (Wildman–Crippen LogP) is 3.86. The van der Waals surface area contributed by atoms with Crippen LogP contribution in [0.3, 0.4) is 0 Å². The Labute approximate surface area is 124 Å². The smallest absolute Gasteiger partial charge is 0.251 e. The molecule has 3 heteroatoms. The van der Waals surface area contributed by atoms with E-state index in [1.807, 2.05) is 6.07 Å². The van der Waals surface area contributed by atoms with Crippen molar-refractivity contribution in [3.05, 3.63) is 34.9 Å². The molecule has 0 aliphatic heterocycles. The first kappa shape index (κ1) is 14.6. The first-order valence-electron chi connectivity index (χ1n) is 7.27. The number of amides is 1. The Morgan fingerprint density at radius 1 is 1.11 bits per heavy atom. The maximum atomic E-state index is 12.0. The first-order chi connectivity index (χ1) is 9.31. The number of unbranched alkanes of at least 4 members (excludes halogenated alkanes) is 3. The van der Waals surface area contributed by atoms with Crippen LogP contribution in [0.1, 0.15) is 53.6 Å². The standard InChI is InChI=1S/C16H22BrNO/c17-10-3-1-2-4-11-18-16(19)15-9-8-13-6-5-7-14(13)12-15/h8-9,12H,1-7,10-11H2,(H,18,19). The van der Waals surface area contributed by atoms with Crippen LogP contribution in [0.5, 0.6) is 0 Å². The highest BCUT2D eigenvalue weighted by molar-refractivity contribution is 9.09. The molecule has 2 rings (SSSR count). The fourth-order valence-electron chi connectivity index (χ4n) is 2.59. The fraction of sp³-hybridized carbons (Fsp3) is 0.562. The second-order valence-electron chi connectivity index (χ2n) is 5.20. The van der Waals surface area contributed by atoms with Gasteiger partial charge in [0.15, 0.2) is 0 Å². The topological polar surface area (TPSA) is 29.1 Å². The summed E-state index contributed by atoms with van der Waals surface area (Å²) < 4.78 is 0. The SMILES string of the molecule is O=C(NCCCCCCBr)c1ccc2c(c1)CCC2. The van der Waals surface area contributed by atoms with Crippen LogP contribution in [0.2, 0.25) is 0 Å². The van der Waals surface area contributed by atoms with Gasteiger partial charge in [0.05, 0.1) is 0 Å². The molecule has 1 aromatic carbocycles. The van der Waals surface area contributed by atoms with Gasteiger partial charge >= 0.3 is 0 Å². The zero-order valence-electron chi connectivity index (χ0n) is 11.4. The van der Waals surface area contributed by atoms with Gasteiger partial charge in [-0.3, -0.25) is 4.79 Å². The van der Waals surface area contributed by atoms with E-state index < -0.39 is 0 Å². The van der Waals surface area contributed by atoms with Gasteiger partial charge in [-0.2, -0.15) is 0 Å². The summed E-state index contributed by atoms with van der Waals surface area (Å²) in [5.41, 5.74) is 3.61. The highest BCUT2D eigenvalue weighted by atomic mass is 79.9. The Balaban J connectivity index is 1.74. The number of carbonyl (C=O) groups is 1. The van der Waals surface area contributed by atoms with Crippen LogP contribution < -0.4 is 5.32 Å². The molecule has 0 heterocycles. The number of carbonyl (C=O) groups excluding carboxylic acids is 1. The molecular weight excluding hydrogens is 302 g/mol. The lowest BCUT2D eigenvalue weighted by molar-refractivity contribution is 0.0953. The van der Waals surface area contributed by atoms with Crippen molar-refractivity contribution in [2.45, 2.75) is 44.9 Å². The molecule has 0 fully saturated rings. The van der Waals surface area contributed by atoms with E-state index in [0.29, 0.717) is 0 Å². The van der Waals surface area contributed by atoms with Crippen molar-refractivity contribution in [1.82, 2.24) is 5.32 Å². The molecule has 0 aromatic heterocycles. The predicted molar refractivity (Wildman–Crippen MR) is 83.1 cm³/mol. The number of rotatable bonds is 7. The molecule has 1 N–H and O–H groups in total. The molecule has 19 heavy (non-hydrogen) atoms. The van der Waals surface area contributed by atoms with Crippen molar-refractivity contribution in [3.8, 4) is 0 Å². The largest absolute Gasteiger partial charge is 0.352 e. The molecule has 1 aliphatic carbocycles. The molecule has 0 unspecified atom stereocenters. The van der Waals surface area contributed by atoms with Gasteiger partial charge in [0.2, 0.25) is 0 Å². The van der Waals surface area contributed by atoms with Crippen molar-refractivity contribution in [2.24, 2.45) is 0 Å². The minimum Gasteiger partial charge on any atom is -0.352 e. The first-order valence-corrected chi connectivity index (χ1v) is 8.39. The van der Waals surface area contributed by atoms with Crippen molar-refractivity contribution >= 4 is 21.8 Å². The van der Waals surface area contributed by atoms with Crippen LogP contribution in [0, 0.1) is 0 Å². The Morgan fingerprint density at radius 2 is 1.89 bits per heavy atom. The normalized spacial score (nSPS) is 13.3. The molecule has 0 radical (unpaired) electrons. The zero-order chi connectivity index (χ0) is 13.5. The second kappa shape index (κ2) is 7.68. The van der Waals surface area contributed by atoms with Crippen LogP contribution in [-0.2, 0) is 12.8 Å². The van der Waals surface area contributed by atoms with Crippen molar-refractivity contribution in [1.29, 1.82) is 0 Å². The fourth-order valence-corrected chi connectivity index (χ4v) is 2.99. The quantitative estimate of drug-likeness (QED) is 0.599. The Morgan fingerprint density at radius 3 is 2.74 bits per heavy atom. The monoisotopic (exact) mass is 323 g/mol. The minimum absolute atomic E-state index is 0.0789. The van der Waals surface area contributed by atoms with E-state index in [9.17, 15) is 4.79 Å². The molecule has 0 atom stereocenters. The molecule has 1 amide bonds. The van der Waals surface area contributed by atoms with E-state index >= 15 is 0 Å². The van der Waals surface area contributed by atoms with E-state index in [-0.39, 0.29) is 5.91 Å². The third kappa shape index (κ3) is 4.34. The summed E-state index contributed by atoms with van der Waals surface area (Å²) >= 11 is 3.43. The molecule has 0 saturated heterocycles. The maximum Gasteiger partial charge on any atom is 0.251 e. The third-order valence-electron chi connectivity index (χ3n) is 3.71. The van der Waals surface area contributed by atoms with Gasteiger partial charge < -0.3 is 5.32 Å². The average molecular weight is 324 g/mol. The van der Waals surface area contributed by atoms with Crippen LogP contribution in [0.25, 0.3) is 0 Å². The number of benzene rings is 1. The Bertz CT molecular complexity index is 431. The van der Waals surface area contributed by atoms with Gasteiger partial charge in [-0.25, -0.2) is 0 Å². The lowest BCUT2D eigenvalue weighted by Crippen LogP contribution is -2.24. The highest BCUT2D eigenvalue weighted by Gasteiger charge is 2.13. The van der Waals surface area contributed by atoms with Crippen LogP contribution in [0.4, 0.5) is 0 Å². The maximum absolute atomic E-state index is 12.0. The van der Waals surface area contributed by atoms with Crippen molar-refractivity contribution < 1.29 is 4.79 Å². The number of hydrogen-bond acceptors (Lipinski definition) is 1.